The number of rotatable bonds is 4. The van der Waals surface area contributed by atoms with E-state index in [9.17, 15) is 0 Å². The Morgan fingerprint density at radius 3 is 2.70 bits per heavy atom. The van der Waals surface area contributed by atoms with E-state index in [-0.39, 0.29) is 0 Å². The molecule has 0 spiro atoms. The molecule has 1 N–H and O–H groups in total. The van der Waals surface area contributed by atoms with Crippen molar-refractivity contribution in [1.82, 2.24) is 9.97 Å². The molecule has 20 heavy (non-hydrogen) atoms. The Bertz CT molecular complexity index is 427. The van der Waals surface area contributed by atoms with Crippen LogP contribution in [0.2, 0.25) is 0 Å². The fourth-order valence-electron chi connectivity index (χ4n) is 4.09. The largest absolute Gasteiger partial charge is 0.345 e. The number of unbranched alkanes of at least 4 members (excludes halogenated alkanes) is 1. The van der Waals surface area contributed by atoms with Crippen LogP contribution in [0.5, 0.6) is 0 Å². The van der Waals surface area contributed by atoms with Gasteiger partial charge in [0.2, 0.25) is 0 Å². The summed E-state index contributed by atoms with van der Waals surface area (Å²) >= 11 is 0. The van der Waals surface area contributed by atoms with Crippen LogP contribution in [0.3, 0.4) is 0 Å². The number of fused-ring (bicyclic) bond motifs is 1. The number of hydrogen-bond donors (Lipinski definition) is 1. The minimum atomic E-state index is 0.716. The van der Waals surface area contributed by atoms with E-state index in [2.05, 4.69) is 18.8 Å². The predicted octanol–water partition coefficient (Wildman–Crippen LogP) is 5.00. The van der Waals surface area contributed by atoms with Gasteiger partial charge in [0.1, 0.15) is 5.82 Å². The van der Waals surface area contributed by atoms with Crippen molar-refractivity contribution in [1.29, 1.82) is 0 Å². The van der Waals surface area contributed by atoms with Gasteiger partial charge >= 0.3 is 0 Å². The van der Waals surface area contributed by atoms with Crippen molar-refractivity contribution in [2.45, 2.75) is 84.0 Å². The molecular formula is C18H30N2. The Hall–Kier alpha value is -0.790. The standard InChI is InChI=1S/C18H30N2/c1-3-4-5-14-7-9-15(10-8-14)18-19-16-11-6-13(2)12-17(16)20-18/h13-15H,3-12H2,1-2H3,(H,19,20). The normalized spacial score (nSPS) is 30.2. The third kappa shape index (κ3) is 3.10. The first-order valence-corrected chi connectivity index (χ1v) is 8.84. The Morgan fingerprint density at radius 1 is 1.15 bits per heavy atom. The number of nitrogens with zero attached hydrogens (tertiary/aromatic N) is 1. The van der Waals surface area contributed by atoms with Gasteiger partial charge in [-0.25, -0.2) is 4.98 Å². The van der Waals surface area contributed by atoms with E-state index in [1.807, 2.05) is 0 Å². The second kappa shape index (κ2) is 6.32. The van der Waals surface area contributed by atoms with Crippen LogP contribution >= 0.6 is 0 Å². The van der Waals surface area contributed by atoms with Crippen LogP contribution in [0.25, 0.3) is 0 Å². The first-order chi connectivity index (χ1) is 9.76. The number of aromatic amines is 1. The van der Waals surface area contributed by atoms with E-state index in [1.54, 1.807) is 0 Å². The van der Waals surface area contributed by atoms with Crippen LogP contribution in [0.4, 0.5) is 0 Å². The Balaban J connectivity index is 1.58. The van der Waals surface area contributed by atoms with E-state index < -0.39 is 0 Å². The molecule has 1 heterocycles. The van der Waals surface area contributed by atoms with Crippen molar-refractivity contribution in [2.24, 2.45) is 11.8 Å². The zero-order valence-electron chi connectivity index (χ0n) is 13.3. The van der Waals surface area contributed by atoms with Gasteiger partial charge in [-0.1, -0.05) is 33.1 Å². The molecule has 0 amide bonds. The second-order valence-electron chi connectivity index (χ2n) is 7.26. The van der Waals surface area contributed by atoms with Gasteiger partial charge in [-0.3, -0.25) is 0 Å². The second-order valence-corrected chi connectivity index (χ2v) is 7.26. The highest BCUT2D eigenvalue weighted by atomic mass is 14.9. The van der Waals surface area contributed by atoms with E-state index in [0.717, 1.165) is 11.8 Å². The minimum Gasteiger partial charge on any atom is -0.345 e. The minimum absolute atomic E-state index is 0.716. The molecular weight excluding hydrogens is 244 g/mol. The van der Waals surface area contributed by atoms with Gasteiger partial charge in [0.15, 0.2) is 0 Å². The lowest BCUT2D eigenvalue weighted by Crippen LogP contribution is -2.14. The summed E-state index contributed by atoms with van der Waals surface area (Å²) in [6, 6.07) is 0. The van der Waals surface area contributed by atoms with Crippen molar-refractivity contribution >= 4 is 0 Å². The van der Waals surface area contributed by atoms with Gasteiger partial charge in [-0.05, 0) is 56.8 Å². The average Bonchev–Trinajstić information content (AvgIpc) is 2.88. The molecule has 2 nitrogen and oxygen atoms in total. The first kappa shape index (κ1) is 14.2. The molecule has 3 rings (SSSR count). The van der Waals surface area contributed by atoms with E-state index in [4.69, 9.17) is 4.98 Å². The van der Waals surface area contributed by atoms with Gasteiger partial charge in [0.25, 0.3) is 0 Å². The van der Waals surface area contributed by atoms with Crippen LogP contribution in [-0.4, -0.2) is 9.97 Å². The zero-order valence-corrected chi connectivity index (χ0v) is 13.3. The SMILES string of the molecule is CCCCC1CCC(c2nc3c([nH]2)CC(C)CC3)CC1. The molecule has 0 aliphatic heterocycles. The summed E-state index contributed by atoms with van der Waals surface area (Å²) < 4.78 is 0. The maximum Gasteiger partial charge on any atom is 0.109 e. The quantitative estimate of drug-likeness (QED) is 0.822. The molecule has 0 bridgehead atoms. The predicted molar refractivity (Wildman–Crippen MR) is 84.0 cm³/mol. The molecule has 0 aromatic carbocycles. The third-order valence-electron chi connectivity index (χ3n) is 5.51. The lowest BCUT2D eigenvalue weighted by atomic mass is 9.79. The maximum absolute atomic E-state index is 4.94. The summed E-state index contributed by atoms with van der Waals surface area (Å²) in [5.74, 6) is 3.86. The Labute approximate surface area is 123 Å². The van der Waals surface area contributed by atoms with Crippen LogP contribution in [0.1, 0.15) is 88.3 Å². The molecule has 1 saturated carbocycles. The summed E-state index contributed by atoms with van der Waals surface area (Å²) in [6.45, 7) is 4.67. The van der Waals surface area contributed by atoms with E-state index in [1.165, 1.54) is 81.4 Å². The zero-order chi connectivity index (χ0) is 13.9. The molecule has 1 atom stereocenters. The van der Waals surface area contributed by atoms with Crippen LogP contribution in [0.15, 0.2) is 0 Å². The maximum atomic E-state index is 4.94. The van der Waals surface area contributed by atoms with Gasteiger partial charge in [0.05, 0.1) is 5.69 Å². The molecule has 2 aliphatic carbocycles. The van der Waals surface area contributed by atoms with Crippen molar-refractivity contribution in [3.8, 4) is 0 Å². The molecule has 1 aromatic rings. The van der Waals surface area contributed by atoms with Crippen molar-refractivity contribution in [3.05, 3.63) is 17.2 Å². The van der Waals surface area contributed by atoms with Crippen molar-refractivity contribution in [2.75, 3.05) is 0 Å². The van der Waals surface area contributed by atoms with Gasteiger partial charge in [-0.2, -0.15) is 0 Å². The molecule has 1 fully saturated rings. The average molecular weight is 274 g/mol. The van der Waals surface area contributed by atoms with E-state index >= 15 is 0 Å². The summed E-state index contributed by atoms with van der Waals surface area (Å²) in [4.78, 5) is 8.62. The highest BCUT2D eigenvalue weighted by molar-refractivity contribution is 5.20. The summed E-state index contributed by atoms with van der Waals surface area (Å²) in [6.07, 6.45) is 13.5. The first-order valence-electron chi connectivity index (χ1n) is 8.84. The van der Waals surface area contributed by atoms with Gasteiger partial charge in [0, 0.05) is 11.6 Å². The van der Waals surface area contributed by atoms with Crippen LogP contribution in [-0.2, 0) is 12.8 Å². The number of aryl methyl sites for hydroxylation is 1. The number of hydrogen-bond acceptors (Lipinski definition) is 1. The molecule has 2 heteroatoms. The highest BCUT2D eigenvalue weighted by Crippen LogP contribution is 2.37. The number of nitrogens with one attached hydrogen (secondary N) is 1. The summed E-state index contributed by atoms with van der Waals surface area (Å²) in [7, 11) is 0. The Kier molecular flexibility index (Phi) is 4.48. The fourth-order valence-corrected chi connectivity index (χ4v) is 4.09. The smallest absolute Gasteiger partial charge is 0.109 e. The molecule has 2 aliphatic rings. The van der Waals surface area contributed by atoms with Crippen LogP contribution in [0, 0.1) is 11.8 Å². The molecule has 0 radical (unpaired) electrons. The molecule has 1 aromatic heterocycles. The fraction of sp³-hybridized carbons (Fsp3) is 0.833. The lowest BCUT2D eigenvalue weighted by Gasteiger charge is -2.27. The Morgan fingerprint density at radius 2 is 1.95 bits per heavy atom. The van der Waals surface area contributed by atoms with Crippen LogP contribution < -0.4 is 0 Å². The van der Waals surface area contributed by atoms with Crippen molar-refractivity contribution in [3.63, 3.8) is 0 Å². The molecule has 112 valence electrons. The van der Waals surface area contributed by atoms with E-state index in [0.29, 0.717) is 5.92 Å². The third-order valence-corrected chi connectivity index (χ3v) is 5.51. The summed E-state index contributed by atoms with van der Waals surface area (Å²) in [5.41, 5.74) is 2.83. The number of imidazole rings is 1. The van der Waals surface area contributed by atoms with Gasteiger partial charge < -0.3 is 4.98 Å². The number of H-pyrrole nitrogens is 1. The lowest BCUT2D eigenvalue weighted by molar-refractivity contribution is 0.299. The molecule has 0 saturated heterocycles. The number of aromatic nitrogens is 2. The van der Waals surface area contributed by atoms with Crippen molar-refractivity contribution < 1.29 is 0 Å². The summed E-state index contributed by atoms with van der Waals surface area (Å²) in [5, 5.41) is 0. The monoisotopic (exact) mass is 274 g/mol. The van der Waals surface area contributed by atoms with Gasteiger partial charge in [-0.15, -0.1) is 0 Å². The topological polar surface area (TPSA) is 28.7 Å². The highest BCUT2D eigenvalue weighted by Gasteiger charge is 2.26. The molecule has 1 unspecified atom stereocenters.